The summed E-state index contributed by atoms with van der Waals surface area (Å²) in [7, 11) is 0. The minimum absolute atomic E-state index is 0.492. The lowest BCUT2D eigenvalue weighted by atomic mass is 9.70. The van der Waals surface area contributed by atoms with Crippen molar-refractivity contribution >= 4 is 5.69 Å². The van der Waals surface area contributed by atoms with Crippen LogP contribution in [0.3, 0.4) is 0 Å². The fraction of sp³-hybridized carbons (Fsp3) is 0.684. The molecule has 1 heteroatoms. The maximum absolute atomic E-state index is 3.68. The number of aryl methyl sites for hydroxylation is 2. The molecule has 0 unspecified atom stereocenters. The topological polar surface area (TPSA) is 12.0 Å². The van der Waals surface area contributed by atoms with E-state index in [0.717, 1.165) is 18.4 Å². The highest BCUT2D eigenvalue weighted by molar-refractivity contribution is 5.52. The van der Waals surface area contributed by atoms with E-state index in [0.29, 0.717) is 5.41 Å². The Hall–Kier alpha value is -0.980. The highest BCUT2D eigenvalue weighted by Crippen LogP contribution is 2.39. The number of benzene rings is 1. The van der Waals surface area contributed by atoms with Crippen LogP contribution in [0.25, 0.3) is 0 Å². The predicted molar refractivity (Wildman–Crippen MR) is 89.3 cm³/mol. The van der Waals surface area contributed by atoms with Crippen molar-refractivity contribution in [2.24, 2.45) is 17.3 Å². The van der Waals surface area contributed by atoms with Crippen LogP contribution in [0.4, 0.5) is 5.69 Å². The molecule has 1 saturated carbocycles. The van der Waals surface area contributed by atoms with Gasteiger partial charge >= 0.3 is 0 Å². The second-order valence-electron chi connectivity index (χ2n) is 7.78. The molecule has 1 aromatic rings. The third-order valence-electron chi connectivity index (χ3n) is 5.05. The molecule has 0 bridgehead atoms. The SMILES string of the molecule is Cc1ccc(C)c(NCC2CCC(C(C)(C)C)CC2)c1. The zero-order valence-corrected chi connectivity index (χ0v) is 13.9. The standard InChI is InChI=1S/C19H31N/c1-14-6-7-15(2)18(12-14)20-13-16-8-10-17(11-9-16)19(3,4)5/h6-7,12,16-17,20H,8-11,13H2,1-5H3. The fourth-order valence-electron chi connectivity index (χ4n) is 3.41. The quantitative estimate of drug-likeness (QED) is 0.759. The summed E-state index contributed by atoms with van der Waals surface area (Å²) in [5.41, 5.74) is 4.52. The van der Waals surface area contributed by atoms with Gasteiger partial charge in [0.2, 0.25) is 0 Å². The van der Waals surface area contributed by atoms with E-state index >= 15 is 0 Å². The Bertz CT molecular complexity index is 434. The van der Waals surface area contributed by atoms with E-state index in [1.54, 1.807) is 0 Å². The average molecular weight is 273 g/mol. The molecule has 2 rings (SSSR count). The second kappa shape index (κ2) is 6.20. The Morgan fingerprint density at radius 1 is 1.05 bits per heavy atom. The molecular weight excluding hydrogens is 242 g/mol. The van der Waals surface area contributed by atoms with Crippen molar-refractivity contribution in [3.8, 4) is 0 Å². The van der Waals surface area contributed by atoms with Crippen molar-refractivity contribution in [2.45, 2.75) is 60.3 Å². The molecule has 1 N–H and O–H groups in total. The van der Waals surface area contributed by atoms with E-state index in [9.17, 15) is 0 Å². The number of rotatable bonds is 3. The summed E-state index contributed by atoms with van der Waals surface area (Å²) < 4.78 is 0. The van der Waals surface area contributed by atoms with Gasteiger partial charge in [-0.05, 0) is 74.0 Å². The largest absolute Gasteiger partial charge is 0.385 e. The summed E-state index contributed by atoms with van der Waals surface area (Å²) in [6.07, 6.45) is 5.59. The van der Waals surface area contributed by atoms with Crippen LogP contribution in [0, 0.1) is 31.1 Å². The summed E-state index contributed by atoms with van der Waals surface area (Å²) in [6, 6.07) is 6.68. The van der Waals surface area contributed by atoms with Crippen molar-refractivity contribution in [3.63, 3.8) is 0 Å². The first-order valence-electron chi connectivity index (χ1n) is 8.17. The molecule has 20 heavy (non-hydrogen) atoms. The van der Waals surface area contributed by atoms with Gasteiger partial charge in [-0.2, -0.15) is 0 Å². The lowest BCUT2D eigenvalue weighted by Gasteiger charge is -2.37. The zero-order chi connectivity index (χ0) is 14.8. The maximum Gasteiger partial charge on any atom is 0.0372 e. The molecule has 1 aliphatic rings. The van der Waals surface area contributed by atoms with E-state index < -0.39 is 0 Å². The number of hydrogen-bond acceptors (Lipinski definition) is 1. The van der Waals surface area contributed by atoms with Gasteiger partial charge in [0.05, 0.1) is 0 Å². The van der Waals surface area contributed by atoms with Crippen LogP contribution in [0.5, 0.6) is 0 Å². The highest BCUT2D eigenvalue weighted by Gasteiger charge is 2.29. The first-order chi connectivity index (χ1) is 9.36. The summed E-state index contributed by atoms with van der Waals surface area (Å²) in [4.78, 5) is 0. The first-order valence-corrected chi connectivity index (χ1v) is 8.17. The molecule has 0 atom stereocenters. The monoisotopic (exact) mass is 273 g/mol. The molecule has 1 fully saturated rings. The van der Waals surface area contributed by atoms with Gasteiger partial charge in [0.15, 0.2) is 0 Å². The van der Waals surface area contributed by atoms with E-state index in [1.807, 2.05) is 0 Å². The van der Waals surface area contributed by atoms with Gasteiger partial charge in [-0.15, -0.1) is 0 Å². The van der Waals surface area contributed by atoms with Crippen molar-refractivity contribution in [1.82, 2.24) is 0 Å². The van der Waals surface area contributed by atoms with Crippen LogP contribution in [0.15, 0.2) is 18.2 Å². The van der Waals surface area contributed by atoms with Gasteiger partial charge in [0.1, 0.15) is 0 Å². The van der Waals surface area contributed by atoms with Crippen LogP contribution in [-0.4, -0.2) is 6.54 Å². The van der Waals surface area contributed by atoms with Gasteiger partial charge in [-0.1, -0.05) is 32.9 Å². The van der Waals surface area contributed by atoms with Crippen molar-refractivity contribution in [1.29, 1.82) is 0 Å². The van der Waals surface area contributed by atoms with Crippen LogP contribution >= 0.6 is 0 Å². The Morgan fingerprint density at radius 3 is 2.30 bits per heavy atom. The number of hydrogen-bond donors (Lipinski definition) is 1. The molecule has 0 saturated heterocycles. The van der Waals surface area contributed by atoms with E-state index in [4.69, 9.17) is 0 Å². The summed E-state index contributed by atoms with van der Waals surface area (Å²) in [5, 5.41) is 3.68. The molecule has 112 valence electrons. The molecule has 0 amide bonds. The van der Waals surface area contributed by atoms with Crippen LogP contribution in [-0.2, 0) is 0 Å². The van der Waals surface area contributed by atoms with E-state index in [2.05, 4.69) is 58.1 Å². The molecule has 0 radical (unpaired) electrons. The molecule has 1 aromatic carbocycles. The third kappa shape index (κ3) is 4.01. The van der Waals surface area contributed by atoms with Gasteiger partial charge in [-0.3, -0.25) is 0 Å². The lowest BCUT2D eigenvalue weighted by Crippen LogP contribution is -2.28. The molecular formula is C19H31N. The second-order valence-corrected chi connectivity index (χ2v) is 7.78. The molecule has 1 aliphatic carbocycles. The Kier molecular flexibility index (Phi) is 4.78. The number of anilines is 1. The zero-order valence-electron chi connectivity index (χ0n) is 13.9. The summed E-state index contributed by atoms with van der Waals surface area (Å²) in [5.74, 6) is 1.77. The first kappa shape index (κ1) is 15.4. The van der Waals surface area contributed by atoms with Crippen LogP contribution in [0.1, 0.15) is 57.6 Å². The Balaban J connectivity index is 1.83. The van der Waals surface area contributed by atoms with Crippen LogP contribution < -0.4 is 5.32 Å². The third-order valence-corrected chi connectivity index (χ3v) is 5.05. The molecule has 0 aromatic heterocycles. The molecule has 1 nitrogen and oxygen atoms in total. The van der Waals surface area contributed by atoms with E-state index in [-0.39, 0.29) is 0 Å². The van der Waals surface area contributed by atoms with E-state index in [1.165, 1.54) is 42.5 Å². The fourth-order valence-corrected chi connectivity index (χ4v) is 3.41. The Labute approximate surface area is 125 Å². The van der Waals surface area contributed by atoms with Crippen molar-refractivity contribution < 1.29 is 0 Å². The van der Waals surface area contributed by atoms with Crippen LogP contribution in [0.2, 0.25) is 0 Å². The molecule has 0 aliphatic heterocycles. The minimum atomic E-state index is 0.492. The predicted octanol–water partition coefficient (Wildman–Crippen LogP) is 5.57. The van der Waals surface area contributed by atoms with Crippen molar-refractivity contribution in [2.75, 3.05) is 11.9 Å². The minimum Gasteiger partial charge on any atom is -0.385 e. The number of nitrogens with one attached hydrogen (secondary N) is 1. The van der Waals surface area contributed by atoms with Crippen molar-refractivity contribution in [3.05, 3.63) is 29.3 Å². The summed E-state index contributed by atoms with van der Waals surface area (Å²) >= 11 is 0. The molecule has 0 spiro atoms. The summed E-state index contributed by atoms with van der Waals surface area (Å²) in [6.45, 7) is 12.7. The Morgan fingerprint density at radius 2 is 1.70 bits per heavy atom. The normalized spacial score (nSPS) is 23.6. The lowest BCUT2D eigenvalue weighted by molar-refractivity contribution is 0.153. The van der Waals surface area contributed by atoms with Gasteiger partial charge in [-0.25, -0.2) is 0 Å². The average Bonchev–Trinajstić information content (AvgIpc) is 2.39. The van der Waals surface area contributed by atoms with Gasteiger partial charge < -0.3 is 5.32 Å². The maximum atomic E-state index is 3.68. The molecule has 0 heterocycles. The van der Waals surface area contributed by atoms with Gasteiger partial charge in [0.25, 0.3) is 0 Å². The van der Waals surface area contributed by atoms with Gasteiger partial charge in [0, 0.05) is 12.2 Å². The highest BCUT2D eigenvalue weighted by atomic mass is 14.9. The smallest absolute Gasteiger partial charge is 0.0372 e.